The fourth-order valence-electron chi connectivity index (χ4n) is 2.50. The number of benzene rings is 2. The molecule has 0 atom stereocenters. The van der Waals surface area contributed by atoms with Gasteiger partial charge in [-0.3, -0.25) is 9.59 Å². The number of nitrogens with one attached hydrogen (secondary N) is 2. The first-order valence-electron chi connectivity index (χ1n) is 9.26. The van der Waals surface area contributed by atoms with Crippen LogP contribution in [0.4, 0.5) is 0 Å². The highest BCUT2D eigenvalue weighted by atomic mass is 127. The second-order valence-electron chi connectivity index (χ2n) is 6.23. The Labute approximate surface area is 196 Å². The van der Waals surface area contributed by atoms with E-state index in [1.54, 1.807) is 36.4 Å². The van der Waals surface area contributed by atoms with Gasteiger partial charge in [0.05, 0.1) is 31.7 Å². The third-order valence-corrected chi connectivity index (χ3v) is 4.98. The molecule has 0 saturated heterocycles. The minimum Gasteiger partial charge on any atom is -0.493 e. The second kappa shape index (κ2) is 11.1. The summed E-state index contributed by atoms with van der Waals surface area (Å²) < 4.78 is 16.5. The third kappa shape index (κ3) is 6.17. The highest BCUT2D eigenvalue weighted by Crippen LogP contribution is 2.28. The SMILES string of the molecule is COc1cc(/C=N/NC(=O)CNC(=O)c2ccco2)ccc1OC(=O)c1ccccc1I. The number of hydrazone groups is 1. The van der Waals surface area contributed by atoms with Gasteiger partial charge in [-0.15, -0.1) is 0 Å². The molecule has 10 heteroatoms. The molecule has 1 heterocycles. The van der Waals surface area contributed by atoms with Crippen LogP contribution in [0.5, 0.6) is 11.5 Å². The predicted molar refractivity (Wildman–Crippen MR) is 124 cm³/mol. The lowest BCUT2D eigenvalue weighted by Crippen LogP contribution is -2.34. The van der Waals surface area contributed by atoms with Crippen LogP contribution in [-0.2, 0) is 4.79 Å². The highest BCUT2D eigenvalue weighted by Gasteiger charge is 2.15. The van der Waals surface area contributed by atoms with Crippen LogP contribution in [0.15, 0.2) is 70.4 Å². The Morgan fingerprint density at radius 1 is 1.09 bits per heavy atom. The van der Waals surface area contributed by atoms with Crippen molar-refractivity contribution in [2.24, 2.45) is 5.10 Å². The van der Waals surface area contributed by atoms with Gasteiger partial charge in [0.2, 0.25) is 0 Å². The van der Waals surface area contributed by atoms with Crippen molar-refractivity contribution < 1.29 is 28.3 Å². The number of methoxy groups -OCH3 is 1. The molecule has 2 N–H and O–H groups in total. The molecule has 3 rings (SSSR count). The van der Waals surface area contributed by atoms with Crippen LogP contribution in [0.2, 0.25) is 0 Å². The number of carbonyl (C=O) groups is 3. The minimum atomic E-state index is -0.517. The summed E-state index contributed by atoms with van der Waals surface area (Å²) in [4.78, 5) is 36.0. The summed E-state index contributed by atoms with van der Waals surface area (Å²) in [5.74, 6) is -0.843. The number of rotatable bonds is 8. The van der Waals surface area contributed by atoms with Crippen molar-refractivity contribution in [3.63, 3.8) is 0 Å². The fraction of sp³-hybridized carbons (Fsp3) is 0.0909. The Morgan fingerprint density at radius 3 is 2.62 bits per heavy atom. The smallest absolute Gasteiger partial charge is 0.344 e. The number of furan rings is 1. The van der Waals surface area contributed by atoms with E-state index in [0.717, 1.165) is 3.57 Å². The standard InChI is InChI=1S/C22H18IN3O6/c1-30-19-11-14(8-9-17(19)32-22(29)15-5-2-3-6-16(15)23)12-25-26-20(27)13-24-21(28)18-7-4-10-31-18/h2-12H,13H2,1H3,(H,24,28)(H,26,27)/b25-12+. The maximum absolute atomic E-state index is 12.4. The normalized spacial score (nSPS) is 10.6. The van der Waals surface area contributed by atoms with E-state index in [1.165, 1.54) is 25.7 Å². The highest BCUT2D eigenvalue weighted by molar-refractivity contribution is 14.1. The van der Waals surface area contributed by atoms with Gasteiger partial charge in [0.25, 0.3) is 11.8 Å². The average molecular weight is 547 g/mol. The molecule has 0 aliphatic rings. The summed E-state index contributed by atoms with van der Waals surface area (Å²) in [5.41, 5.74) is 3.34. The molecule has 9 nitrogen and oxygen atoms in total. The number of nitrogens with zero attached hydrogens (tertiary/aromatic N) is 1. The van der Waals surface area contributed by atoms with Gasteiger partial charge in [0.1, 0.15) is 0 Å². The quantitative estimate of drug-likeness (QED) is 0.147. The summed E-state index contributed by atoms with van der Waals surface area (Å²) in [5, 5.41) is 6.25. The third-order valence-electron chi connectivity index (χ3n) is 4.04. The largest absolute Gasteiger partial charge is 0.493 e. The molecule has 0 fully saturated rings. The molecule has 2 aromatic carbocycles. The molecule has 164 valence electrons. The van der Waals surface area contributed by atoms with Crippen LogP contribution in [-0.4, -0.2) is 37.7 Å². The van der Waals surface area contributed by atoms with Gasteiger partial charge in [-0.25, -0.2) is 10.2 Å². The summed E-state index contributed by atoms with van der Waals surface area (Å²) >= 11 is 2.06. The number of hydrogen-bond donors (Lipinski definition) is 2. The summed E-state index contributed by atoms with van der Waals surface area (Å²) in [6.45, 7) is -0.270. The van der Waals surface area contributed by atoms with Crippen molar-refractivity contribution in [1.29, 1.82) is 0 Å². The number of ether oxygens (including phenoxy) is 2. The molecule has 1 aromatic heterocycles. The lowest BCUT2D eigenvalue weighted by molar-refractivity contribution is -0.120. The van der Waals surface area contributed by atoms with E-state index in [2.05, 4.69) is 38.4 Å². The van der Waals surface area contributed by atoms with Gasteiger partial charge in [-0.1, -0.05) is 12.1 Å². The number of carbonyl (C=O) groups excluding carboxylic acids is 3. The Balaban J connectivity index is 1.56. The first-order valence-corrected chi connectivity index (χ1v) is 10.3. The van der Waals surface area contributed by atoms with E-state index < -0.39 is 17.8 Å². The second-order valence-corrected chi connectivity index (χ2v) is 7.40. The van der Waals surface area contributed by atoms with Crippen LogP contribution in [0.3, 0.4) is 0 Å². The molecule has 0 unspecified atom stereocenters. The molecule has 32 heavy (non-hydrogen) atoms. The number of hydrogen-bond acceptors (Lipinski definition) is 7. The van der Waals surface area contributed by atoms with Crippen molar-refractivity contribution >= 4 is 46.6 Å². The first kappa shape index (κ1) is 23.0. The number of halogens is 1. The van der Waals surface area contributed by atoms with E-state index in [4.69, 9.17) is 13.9 Å². The summed E-state index contributed by atoms with van der Waals surface area (Å²) in [7, 11) is 1.45. The molecular weight excluding hydrogens is 529 g/mol. The molecule has 2 amide bonds. The molecule has 0 saturated carbocycles. The molecular formula is C22H18IN3O6. The van der Waals surface area contributed by atoms with Crippen LogP contribution in [0.1, 0.15) is 26.5 Å². The fourth-order valence-corrected chi connectivity index (χ4v) is 3.11. The van der Waals surface area contributed by atoms with E-state index in [1.807, 2.05) is 12.1 Å². The maximum atomic E-state index is 12.4. The Morgan fingerprint density at radius 2 is 1.91 bits per heavy atom. The lowest BCUT2D eigenvalue weighted by Gasteiger charge is -2.10. The van der Waals surface area contributed by atoms with E-state index in [9.17, 15) is 14.4 Å². The van der Waals surface area contributed by atoms with Crippen molar-refractivity contribution in [2.45, 2.75) is 0 Å². The molecule has 0 bridgehead atoms. The lowest BCUT2D eigenvalue weighted by atomic mass is 10.2. The zero-order chi connectivity index (χ0) is 22.9. The van der Waals surface area contributed by atoms with Gasteiger partial charge >= 0.3 is 5.97 Å². The molecule has 0 aliphatic carbocycles. The molecule has 0 spiro atoms. The first-order chi connectivity index (χ1) is 15.5. The minimum absolute atomic E-state index is 0.108. The number of esters is 1. The molecule has 0 aliphatic heterocycles. The van der Waals surface area contributed by atoms with Crippen molar-refractivity contribution in [3.8, 4) is 11.5 Å². The zero-order valence-corrected chi connectivity index (χ0v) is 19.0. The van der Waals surface area contributed by atoms with Crippen LogP contribution in [0, 0.1) is 3.57 Å². The molecule has 0 radical (unpaired) electrons. The zero-order valence-electron chi connectivity index (χ0n) is 16.8. The van der Waals surface area contributed by atoms with Gasteiger partial charge in [0.15, 0.2) is 17.3 Å². The van der Waals surface area contributed by atoms with E-state index in [-0.39, 0.29) is 18.1 Å². The van der Waals surface area contributed by atoms with Crippen LogP contribution in [0.25, 0.3) is 0 Å². The van der Waals surface area contributed by atoms with Gasteiger partial charge < -0.3 is 19.2 Å². The average Bonchev–Trinajstić information content (AvgIpc) is 3.33. The Kier molecular flexibility index (Phi) is 7.97. The summed E-state index contributed by atoms with van der Waals surface area (Å²) in [6.07, 6.45) is 2.75. The van der Waals surface area contributed by atoms with Gasteiger partial charge in [-0.2, -0.15) is 5.10 Å². The number of amides is 2. The van der Waals surface area contributed by atoms with Crippen LogP contribution >= 0.6 is 22.6 Å². The Hall–Kier alpha value is -3.67. The topological polar surface area (TPSA) is 119 Å². The van der Waals surface area contributed by atoms with Crippen molar-refractivity contribution in [2.75, 3.05) is 13.7 Å². The van der Waals surface area contributed by atoms with E-state index in [0.29, 0.717) is 16.9 Å². The van der Waals surface area contributed by atoms with Crippen molar-refractivity contribution in [3.05, 3.63) is 81.3 Å². The van der Waals surface area contributed by atoms with Gasteiger partial charge in [-0.05, 0) is 70.6 Å². The molecule has 3 aromatic rings. The summed E-state index contributed by atoms with van der Waals surface area (Å²) in [6, 6.07) is 15.0. The van der Waals surface area contributed by atoms with E-state index >= 15 is 0 Å². The van der Waals surface area contributed by atoms with Crippen LogP contribution < -0.4 is 20.2 Å². The predicted octanol–water partition coefficient (Wildman–Crippen LogP) is 2.99. The van der Waals surface area contributed by atoms with Gasteiger partial charge in [0, 0.05) is 3.57 Å². The maximum Gasteiger partial charge on any atom is 0.344 e. The monoisotopic (exact) mass is 547 g/mol. The Bertz CT molecular complexity index is 1140. The van der Waals surface area contributed by atoms with Crippen molar-refractivity contribution in [1.82, 2.24) is 10.7 Å².